The molecule has 1 atom stereocenters. The molecule has 0 saturated carbocycles. The third-order valence-corrected chi connectivity index (χ3v) is 21.1. The molecule has 0 spiro atoms. The first kappa shape index (κ1) is 93.7. The molecule has 1 aliphatic heterocycles. The van der Waals surface area contributed by atoms with E-state index < -0.39 is 23.3 Å². The van der Waals surface area contributed by atoms with Crippen molar-refractivity contribution in [3.8, 4) is 22.5 Å². The number of pyridine rings is 4. The quantitative estimate of drug-likeness (QED) is 0.0264. The molecule has 1 unspecified atom stereocenters. The molecule has 0 aliphatic carbocycles. The lowest BCUT2D eigenvalue weighted by atomic mass is 10.1. The van der Waals surface area contributed by atoms with Gasteiger partial charge < -0.3 is 63.9 Å². The van der Waals surface area contributed by atoms with E-state index in [2.05, 4.69) is 148 Å². The van der Waals surface area contributed by atoms with Crippen molar-refractivity contribution in [3.63, 3.8) is 0 Å². The van der Waals surface area contributed by atoms with Crippen LogP contribution in [0.2, 0.25) is 0 Å². The van der Waals surface area contributed by atoms with E-state index >= 15 is 0 Å². The molecule has 12 heterocycles. The molecule has 18 rings (SSSR count). The van der Waals surface area contributed by atoms with Crippen LogP contribution in [0.5, 0.6) is 0 Å². The summed E-state index contributed by atoms with van der Waals surface area (Å²) in [6.45, 7) is 18.4. The first-order chi connectivity index (χ1) is 61.6. The number of benzene rings is 6. The SMILES string of the molecule is CC(C)(C)OC(=O)NCCCBr.CC(C)(C)OC(=O)NCCCn1cc2c(n1)c(N)nc1cc(Br)ccc12.Cc1ccnn1C1CCCCO1.NCCCn1cc2c(n1)c(N)nc1cc(-c3ccn[nH]3)ccc12.Nc1nc2cc(-c3ccn[nH]3)ccc2c2cn(CCCNC(=O)c3ccccc3)nc12.Nc1nc2cc(Br)ccc2c2cn[nH]c12.O=C(O)c1ccccc1. The number of ether oxygens (including phenoxy) is 3. The van der Waals surface area contributed by atoms with Gasteiger partial charge in [0.25, 0.3) is 5.91 Å². The minimum absolute atomic E-state index is 0.0706. The van der Waals surface area contributed by atoms with E-state index in [0.29, 0.717) is 84.7 Å². The maximum atomic E-state index is 12.1. The molecule has 6 aromatic carbocycles. The van der Waals surface area contributed by atoms with Gasteiger partial charge in [-0.25, -0.2) is 39.0 Å². The molecule has 0 radical (unpaired) electrons. The second-order valence-electron chi connectivity index (χ2n) is 31.6. The largest absolute Gasteiger partial charge is 0.478 e. The number of amides is 3. The predicted octanol–water partition coefficient (Wildman–Crippen LogP) is 17.2. The predicted molar refractivity (Wildman–Crippen MR) is 512 cm³/mol. The zero-order valence-electron chi connectivity index (χ0n) is 71.9. The maximum absolute atomic E-state index is 12.1. The van der Waals surface area contributed by atoms with Gasteiger partial charge in [-0.05, 0) is 179 Å². The summed E-state index contributed by atoms with van der Waals surface area (Å²) in [4.78, 5) is 62.8. The third kappa shape index (κ3) is 25.7. The number of aromatic carboxylic acids is 1. The van der Waals surface area contributed by atoms with E-state index in [-0.39, 0.29) is 18.2 Å². The number of carboxylic acids is 1. The highest BCUT2D eigenvalue weighted by atomic mass is 79.9. The number of rotatable bonds is 19. The number of alkyl carbamates (subject to hydrolysis) is 2. The fraction of sp³-hybridized carbons (Fsp3) is 0.286. The Bertz CT molecular complexity index is 6580. The highest BCUT2D eigenvalue weighted by Gasteiger charge is 2.21. The Hall–Kier alpha value is -13.5. The highest BCUT2D eigenvalue weighted by molar-refractivity contribution is 9.10. The van der Waals surface area contributed by atoms with Crippen LogP contribution in [0.1, 0.15) is 119 Å². The minimum Gasteiger partial charge on any atom is -0.478 e. The molecule has 3 amide bonds. The number of aromatic amines is 3. The van der Waals surface area contributed by atoms with Gasteiger partial charge in [-0.2, -0.15) is 35.7 Å². The summed E-state index contributed by atoms with van der Waals surface area (Å²) in [5.74, 6) is 0.791. The molecular formula is C91H103Br3N26O8. The number of nitrogens with zero attached hydrogens (tertiary/aromatic N) is 15. The van der Waals surface area contributed by atoms with Crippen LogP contribution in [0.25, 0.3) is 110 Å². The van der Waals surface area contributed by atoms with Crippen molar-refractivity contribution in [3.05, 3.63) is 221 Å². The average molecular weight is 1930 g/mol. The Morgan fingerprint density at radius 1 is 0.508 bits per heavy atom. The van der Waals surface area contributed by atoms with Gasteiger partial charge in [-0.1, -0.05) is 121 Å². The number of anilines is 4. The standard InChI is InChI=1S/C23H21N7O.C18H22BrN5O2.C16H17N7.C10H7BrN4.C9H14N2O.C8H16BrNO2.C7H6O2/c24-22-21-18(17-8-7-16(13-20(17)27-22)19-9-11-26-28-19)14-30(29-21)12-4-10-25-23(31)15-5-2-1-3-6-15;1-18(2,3)26-17(25)21-7-4-8-24-10-13-12-6-5-11(19)9-14(12)22-16(20)15(13)23-24;17-5-1-7-23-9-12-11-3-2-10(13-4-6-19-21-13)8-14(11)20-16(18)15(12)22-23;11-5-1-2-6-7-4-13-15-9(7)10(12)14-8(6)3-5;1-8-5-6-10-11(8)9-4-2-3-7-12-9;1-8(2,3)12-7(11)10-6-4-5-9;8-7(9)6-4-2-1-3-5-6/h1-3,5-9,11,13-14H,4,10,12H2,(H2,24,27)(H,25,31)(H,26,28);5-6,9-10H,4,7-8H2,1-3H3,(H2,20,22)(H,21,25);2-4,6,8-9H,1,5,7,17H2,(H2,18,20)(H,19,21);1-4H,(H2,12,14)(H,13,15);5-6,9H,2-4,7H2,1H3;4-6H2,1-3H3,(H,10,11);1-5H,(H,8,9). The van der Waals surface area contributed by atoms with E-state index in [1.807, 2.05) is 188 Å². The van der Waals surface area contributed by atoms with Gasteiger partial charge in [0.05, 0.1) is 45.2 Å². The van der Waals surface area contributed by atoms with Gasteiger partial charge in [0.2, 0.25) is 0 Å². The van der Waals surface area contributed by atoms with Crippen LogP contribution in [0.15, 0.2) is 204 Å². The number of carbonyl (C=O) groups is 4. The molecule has 17 N–H and O–H groups in total. The number of nitrogen functional groups attached to an aromatic ring is 4. The van der Waals surface area contributed by atoms with E-state index in [0.717, 1.165) is 158 Å². The van der Waals surface area contributed by atoms with E-state index in [1.165, 1.54) is 18.5 Å². The zero-order valence-corrected chi connectivity index (χ0v) is 76.7. The van der Waals surface area contributed by atoms with E-state index in [1.54, 1.807) is 61.1 Å². The summed E-state index contributed by atoms with van der Waals surface area (Å²) < 4.78 is 25.3. The lowest BCUT2D eigenvalue weighted by molar-refractivity contribution is -0.0406. The molecule has 1 fully saturated rings. The number of carbonyl (C=O) groups excluding carboxylic acids is 3. The van der Waals surface area contributed by atoms with E-state index in [9.17, 15) is 19.2 Å². The summed E-state index contributed by atoms with van der Waals surface area (Å²) in [7, 11) is 0. The number of aryl methyl sites for hydroxylation is 4. The van der Waals surface area contributed by atoms with E-state index in [4.69, 9.17) is 48.0 Å². The summed E-state index contributed by atoms with van der Waals surface area (Å²) in [6.07, 6.45) is 19.3. The lowest BCUT2D eigenvalue weighted by Gasteiger charge is -2.23. The van der Waals surface area contributed by atoms with Crippen LogP contribution < -0.4 is 44.6 Å². The second kappa shape index (κ2) is 44.1. The highest BCUT2D eigenvalue weighted by Crippen LogP contribution is 2.35. The molecule has 666 valence electrons. The van der Waals surface area contributed by atoms with Gasteiger partial charge >= 0.3 is 18.2 Å². The molecule has 37 heteroatoms. The number of fused-ring (bicyclic) bond motifs is 12. The first-order valence-electron chi connectivity index (χ1n) is 41.5. The Morgan fingerprint density at radius 2 is 0.953 bits per heavy atom. The Balaban J connectivity index is 0.000000141. The molecule has 1 aliphatic rings. The molecule has 11 aromatic heterocycles. The van der Waals surface area contributed by atoms with Crippen molar-refractivity contribution in [1.82, 2.24) is 106 Å². The van der Waals surface area contributed by atoms with Gasteiger partial charge in [0.15, 0.2) is 17.5 Å². The average Bonchev–Trinajstić information content (AvgIpc) is 1.53. The smallest absolute Gasteiger partial charge is 0.407 e. The number of carboxylic acid groups (broad SMARTS) is 1. The molecule has 34 nitrogen and oxygen atoms in total. The van der Waals surface area contributed by atoms with Crippen LogP contribution in [-0.2, 0) is 33.8 Å². The van der Waals surface area contributed by atoms with Crippen LogP contribution in [-0.4, -0.2) is 168 Å². The first-order valence-corrected chi connectivity index (χ1v) is 44.2. The van der Waals surface area contributed by atoms with Crippen molar-refractivity contribution in [2.45, 2.75) is 130 Å². The Labute approximate surface area is 762 Å². The third-order valence-electron chi connectivity index (χ3n) is 19.6. The molecule has 128 heavy (non-hydrogen) atoms. The maximum Gasteiger partial charge on any atom is 0.407 e. The van der Waals surface area contributed by atoms with Gasteiger partial charge in [0, 0.05) is 163 Å². The van der Waals surface area contributed by atoms with Crippen molar-refractivity contribution in [2.75, 3.05) is 61.1 Å². The van der Waals surface area contributed by atoms with Crippen molar-refractivity contribution < 1.29 is 38.5 Å². The van der Waals surface area contributed by atoms with Crippen molar-refractivity contribution in [2.24, 2.45) is 5.73 Å². The topological polar surface area (TPSA) is 491 Å². The summed E-state index contributed by atoms with van der Waals surface area (Å²) in [5, 5.41) is 64.3. The molecule has 0 bridgehead atoms. The summed E-state index contributed by atoms with van der Waals surface area (Å²) in [6, 6.07) is 47.3. The summed E-state index contributed by atoms with van der Waals surface area (Å²) in [5.41, 5.74) is 41.2. The Kier molecular flexibility index (Phi) is 32.3. The number of halogens is 3. The van der Waals surface area contributed by atoms with Gasteiger partial charge in [-0.3, -0.25) is 34.1 Å². The normalized spacial score (nSPS) is 12.4. The summed E-state index contributed by atoms with van der Waals surface area (Å²) >= 11 is 10.1. The zero-order chi connectivity index (χ0) is 91.0. The minimum atomic E-state index is -0.879. The number of hydrogen-bond acceptors (Lipinski definition) is 23. The van der Waals surface area contributed by atoms with Crippen LogP contribution in [0, 0.1) is 6.92 Å². The Morgan fingerprint density at radius 3 is 1.38 bits per heavy atom. The lowest BCUT2D eigenvalue weighted by Crippen LogP contribution is -2.33. The number of nitrogens with one attached hydrogen (secondary N) is 6. The monoisotopic (exact) mass is 1920 g/mol. The fourth-order valence-electron chi connectivity index (χ4n) is 13.6. The van der Waals surface area contributed by atoms with Crippen LogP contribution in [0.4, 0.5) is 32.9 Å². The van der Waals surface area contributed by atoms with Gasteiger partial charge in [0.1, 0.15) is 45.3 Å². The van der Waals surface area contributed by atoms with Gasteiger partial charge in [-0.15, -0.1) is 0 Å². The molecule has 17 aromatic rings. The van der Waals surface area contributed by atoms with Crippen LogP contribution in [0.3, 0.4) is 0 Å². The second-order valence-corrected chi connectivity index (χ2v) is 34.2. The number of nitrogens with two attached hydrogens (primary N) is 5. The number of H-pyrrole nitrogens is 3. The number of hydrogen-bond donors (Lipinski definition) is 12. The number of alkyl halides is 1. The van der Waals surface area contributed by atoms with Crippen LogP contribution >= 0.6 is 47.8 Å². The molecular weight excluding hydrogens is 1820 g/mol. The molecule has 1 saturated heterocycles. The van der Waals surface area contributed by atoms with Crippen molar-refractivity contribution >= 4 is 182 Å². The fourth-order valence-corrected chi connectivity index (χ4v) is 14.6. The van der Waals surface area contributed by atoms with Crippen molar-refractivity contribution in [1.29, 1.82) is 0 Å². The number of aromatic nitrogens is 18.